The minimum Gasteiger partial charge on any atom is -0.445 e. The molecule has 4 heteroatoms. The van der Waals surface area contributed by atoms with Gasteiger partial charge in [0.15, 0.2) is 0 Å². The molecule has 1 heterocycles. The molecule has 1 aromatic rings. The molecule has 1 aliphatic rings. The van der Waals surface area contributed by atoms with Crippen molar-refractivity contribution in [3.05, 3.63) is 34.9 Å². The molecule has 1 fully saturated rings. The number of nitrogens with zero attached hydrogens (tertiary/aromatic N) is 1. The molecule has 1 aromatic carbocycles. The van der Waals surface area contributed by atoms with Gasteiger partial charge in [-0.25, -0.2) is 4.79 Å². The van der Waals surface area contributed by atoms with Gasteiger partial charge in [-0.1, -0.05) is 23.8 Å². The number of nitrogens with one attached hydrogen (secondary N) is 1. The molecule has 20 heavy (non-hydrogen) atoms. The highest BCUT2D eigenvalue weighted by Crippen LogP contribution is 2.11. The minimum atomic E-state index is -0.329. The molecule has 2 rings (SSSR count). The summed E-state index contributed by atoms with van der Waals surface area (Å²) in [6.07, 6.45) is 2.22. The second-order valence-corrected chi connectivity index (χ2v) is 5.48. The quantitative estimate of drug-likeness (QED) is 0.899. The zero-order chi connectivity index (χ0) is 14.4. The van der Waals surface area contributed by atoms with Crippen LogP contribution in [0.25, 0.3) is 0 Å². The number of hydrogen-bond acceptors (Lipinski definition) is 3. The summed E-state index contributed by atoms with van der Waals surface area (Å²) in [6, 6.07) is 6.18. The van der Waals surface area contributed by atoms with E-state index in [4.69, 9.17) is 4.74 Å². The van der Waals surface area contributed by atoms with Crippen LogP contribution in [-0.2, 0) is 11.3 Å². The monoisotopic (exact) mass is 276 g/mol. The van der Waals surface area contributed by atoms with Crippen LogP contribution in [0, 0.1) is 13.8 Å². The lowest BCUT2D eigenvalue weighted by atomic mass is 10.1. The van der Waals surface area contributed by atoms with Crippen molar-refractivity contribution < 1.29 is 9.53 Å². The second kappa shape index (κ2) is 7.29. The summed E-state index contributed by atoms with van der Waals surface area (Å²) in [5.74, 6) is 0. The fourth-order valence-corrected chi connectivity index (χ4v) is 2.47. The maximum absolute atomic E-state index is 11.6. The van der Waals surface area contributed by atoms with Crippen LogP contribution in [-0.4, -0.2) is 37.2 Å². The molecule has 1 aliphatic heterocycles. The number of rotatable bonds is 5. The summed E-state index contributed by atoms with van der Waals surface area (Å²) in [7, 11) is 0. The number of hydrogen-bond donors (Lipinski definition) is 1. The predicted octanol–water partition coefficient (Wildman–Crippen LogP) is 2.63. The van der Waals surface area contributed by atoms with E-state index in [2.05, 4.69) is 28.4 Å². The third kappa shape index (κ3) is 4.53. The number of alkyl carbamates (subject to hydrolysis) is 1. The van der Waals surface area contributed by atoms with Crippen molar-refractivity contribution in [2.45, 2.75) is 33.3 Å². The highest BCUT2D eigenvalue weighted by atomic mass is 16.5. The number of ether oxygens (including phenoxy) is 1. The Morgan fingerprint density at radius 3 is 2.80 bits per heavy atom. The summed E-state index contributed by atoms with van der Waals surface area (Å²) in [6.45, 7) is 8.29. The lowest BCUT2D eigenvalue weighted by Crippen LogP contribution is -2.33. The van der Waals surface area contributed by atoms with Crippen molar-refractivity contribution >= 4 is 6.09 Å². The molecule has 1 N–H and O–H groups in total. The van der Waals surface area contributed by atoms with E-state index in [0.717, 1.165) is 30.8 Å². The third-order valence-corrected chi connectivity index (χ3v) is 3.76. The van der Waals surface area contributed by atoms with E-state index in [1.807, 2.05) is 13.8 Å². The van der Waals surface area contributed by atoms with Crippen molar-refractivity contribution in [2.75, 3.05) is 26.2 Å². The first-order chi connectivity index (χ1) is 9.65. The maximum atomic E-state index is 11.6. The normalized spacial score (nSPS) is 15.3. The summed E-state index contributed by atoms with van der Waals surface area (Å²) < 4.78 is 5.26. The molecule has 1 saturated heterocycles. The van der Waals surface area contributed by atoms with Crippen molar-refractivity contribution in [2.24, 2.45) is 0 Å². The van der Waals surface area contributed by atoms with Gasteiger partial charge in [-0.15, -0.1) is 0 Å². The largest absolute Gasteiger partial charge is 0.445 e. The number of carbonyl (C=O) groups is 1. The van der Waals surface area contributed by atoms with E-state index in [-0.39, 0.29) is 6.09 Å². The summed E-state index contributed by atoms with van der Waals surface area (Å²) in [5.41, 5.74) is 3.41. The molecule has 110 valence electrons. The fraction of sp³-hybridized carbons (Fsp3) is 0.562. The Bertz CT molecular complexity index is 454. The van der Waals surface area contributed by atoms with E-state index in [9.17, 15) is 4.79 Å². The van der Waals surface area contributed by atoms with Crippen LogP contribution in [0.4, 0.5) is 4.79 Å². The van der Waals surface area contributed by atoms with E-state index < -0.39 is 0 Å². The van der Waals surface area contributed by atoms with Gasteiger partial charge in [0.2, 0.25) is 0 Å². The van der Waals surface area contributed by atoms with E-state index >= 15 is 0 Å². The lowest BCUT2D eigenvalue weighted by Gasteiger charge is -2.15. The van der Waals surface area contributed by atoms with Crippen LogP contribution in [0.1, 0.15) is 29.5 Å². The van der Waals surface area contributed by atoms with Crippen LogP contribution in [0.2, 0.25) is 0 Å². The smallest absolute Gasteiger partial charge is 0.407 e. The minimum absolute atomic E-state index is 0.329. The van der Waals surface area contributed by atoms with Gasteiger partial charge in [-0.3, -0.25) is 0 Å². The number of carbonyl (C=O) groups excluding carboxylic acids is 1. The van der Waals surface area contributed by atoms with Gasteiger partial charge in [-0.2, -0.15) is 0 Å². The average Bonchev–Trinajstić information content (AvgIpc) is 2.93. The predicted molar refractivity (Wildman–Crippen MR) is 79.8 cm³/mol. The maximum Gasteiger partial charge on any atom is 0.407 e. The van der Waals surface area contributed by atoms with Gasteiger partial charge in [0, 0.05) is 13.1 Å². The Morgan fingerprint density at radius 2 is 2.05 bits per heavy atom. The molecule has 0 aliphatic carbocycles. The molecule has 0 saturated carbocycles. The van der Waals surface area contributed by atoms with Gasteiger partial charge >= 0.3 is 6.09 Å². The topological polar surface area (TPSA) is 41.6 Å². The molecule has 0 bridgehead atoms. The summed E-state index contributed by atoms with van der Waals surface area (Å²) in [4.78, 5) is 14.0. The van der Waals surface area contributed by atoms with E-state index in [1.54, 1.807) is 0 Å². The first-order valence-electron chi connectivity index (χ1n) is 7.34. The molecular weight excluding hydrogens is 252 g/mol. The van der Waals surface area contributed by atoms with Gasteiger partial charge in [0.1, 0.15) is 6.61 Å². The van der Waals surface area contributed by atoms with Gasteiger partial charge < -0.3 is 15.0 Å². The highest BCUT2D eigenvalue weighted by molar-refractivity contribution is 5.67. The highest BCUT2D eigenvalue weighted by Gasteiger charge is 2.11. The van der Waals surface area contributed by atoms with Crippen LogP contribution in [0.3, 0.4) is 0 Å². The van der Waals surface area contributed by atoms with Crippen LogP contribution < -0.4 is 5.32 Å². The fourth-order valence-electron chi connectivity index (χ4n) is 2.47. The van der Waals surface area contributed by atoms with Crippen molar-refractivity contribution in [1.82, 2.24) is 10.2 Å². The van der Waals surface area contributed by atoms with Gasteiger partial charge in [0.05, 0.1) is 0 Å². The molecule has 0 radical (unpaired) electrons. The average molecular weight is 276 g/mol. The molecule has 1 amide bonds. The second-order valence-electron chi connectivity index (χ2n) is 5.48. The van der Waals surface area contributed by atoms with Crippen LogP contribution in [0.15, 0.2) is 18.2 Å². The standard InChI is InChI=1S/C16H24N2O2/c1-13-5-6-14(2)15(11-13)12-20-16(19)17-7-10-18-8-3-4-9-18/h5-6,11H,3-4,7-10,12H2,1-2H3,(H,17,19). The molecule has 4 nitrogen and oxygen atoms in total. The number of aryl methyl sites for hydroxylation is 2. The first-order valence-corrected chi connectivity index (χ1v) is 7.34. The van der Waals surface area contributed by atoms with Crippen LogP contribution >= 0.6 is 0 Å². The molecular formula is C16H24N2O2. The van der Waals surface area contributed by atoms with E-state index in [0.29, 0.717) is 13.2 Å². The molecule has 0 atom stereocenters. The number of benzene rings is 1. The van der Waals surface area contributed by atoms with Crippen molar-refractivity contribution in [3.8, 4) is 0 Å². The molecule has 0 aromatic heterocycles. The zero-order valence-electron chi connectivity index (χ0n) is 12.4. The Kier molecular flexibility index (Phi) is 5.41. The summed E-state index contributed by atoms with van der Waals surface area (Å²) in [5, 5.41) is 2.81. The van der Waals surface area contributed by atoms with Crippen LogP contribution in [0.5, 0.6) is 0 Å². The van der Waals surface area contributed by atoms with Gasteiger partial charge in [-0.05, 0) is 50.9 Å². The number of likely N-dealkylation sites (tertiary alicyclic amines) is 1. The Labute approximate surface area is 121 Å². The SMILES string of the molecule is Cc1ccc(C)c(COC(=O)NCCN2CCCC2)c1. The van der Waals surface area contributed by atoms with Crippen molar-refractivity contribution in [3.63, 3.8) is 0 Å². The zero-order valence-corrected chi connectivity index (χ0v) is 12.4. The summed E-state index contributed by atoms with van der Waals surface area (Å²) >= 11 is 0. The molecule has 0 spiro atoms. The Hall–Kier alpha value is -1.55. The number of amides is 1. The van der Waals surface area contributed by atoms with E-state index in [1.165, 1.54) is 18.4 Å². The first kappa shape index (κ1) is 14.9. The Balaban J connectivity index is 1.67. The third-order valence-electron chi connectivity index (χ3n) is 3.76. The van der Waals surface area contributed by atoms with Gasteiger partial charge in [0.25, 0.3) is 0 Å². The van der Waals surface area contributed by atoms with Crippen molar-refractivity contribution in [1.29, 1.82) is 0 Å². The molecule has 0 unspecified atom stereocenters. The Morgan fingerprint density at radius 1 is 1.30 bits per heavy atom. The lowest BCUT2D eigenvalue weighted by molar-refractivity contribution is 0.138.